The Kier molecular flexibility index (Phi) is 6.33. The highest BCUT2D eigenvalue weighted by Crippen LogP contribution is 2.11. The number of carbonyl (C=O) groups excluding carboxylic acids is 2. The minimum Gasteiger partial charge on any atom is -0.497 e. The number of aromatic nitrogens is 1. The van der Waals surface area contributed by atoms with Gasteiger partial charge in [0.15, 0.2) is 0 Å². The van der Waals surface area contributed by atoms with Crippen molar-refractivity contribution in [2.45, 2.75) is 13.0 Å². The van der Waals surface area contributed by atoms with Crippen LogP contribution < -0.4 is 15.6 Å². The highest BCUT2D eigenvalue weighted by atomic mass is 16.5. The summed E-state index contributed by atoms with van der Waals surface area (Å²) in [6, 6.07) is 10.2. The maximum Gasteiger partial charge on any atom is 0.339 e. The van der Waals surface area contributed by atoms with Crippen LogP contribution in [0.25, 0.3) is 0 Å². The Bertz CT molecular complexity index is 796. The van der Waals surface area contributed by atoms with Gasteiger partial charge < -0.3 is 19.4 Å². The van der Waals surface area contributed by atoms with Crippen LogP contribution in [0.4, 0.5) is 0 Å². The van der Waals surface area contributed by atoms with E-state index < -0.39 is 5.97 Å². The normalized spacial score (nSPS) is 10.2. The van der Waals surface area contributed by atoms with Gasteiger partial charge in [0, 0.05) is 18.8 Å². The van der Waals surface area contributed by atoms with Crippen LogP contribution in [0, 0.1) is 0 Å². The predicted octanol–water partition coefficient (Wildman–Crippen LogP) is 1.00. The molecule has 2 rings (SSSR count). The fraction of sp³-hybridized carbons (Fsp3) is 0.278. The van der Waals surface area contributed by atoms with Crippen molar-refractivity contribution in [3.63, 3.8) is 0 Å². The Hall–Kier alpha value is -3.09. The third-order valence-corrected chi connectivity index (χ3v) is 3.61. The van der Waals surface area contributed by atoms with Gasteiger partial charge in [0.05, 0.1) is 19.8 Å². The maximum absolute atomic E-state index is 12.0. The van der Waals surface area contributed by atoms with E-state index in [0.29, 0.717) is 13.0 Å². The summed E-state index contributed by atoms with van der Waals surface area (Å²) in [5.41, 5.74) is 0.914. The number of ether oxygens (including phenoxy) is 2. The van der Waals surface area contributed by atoms with Gasteiger partial charge in [-0.3, -0.25) is 9.59 Å². The number of esters is 1. The van der Waals surface area contributed by atoms with Gasteiger partial charge >= 0.3 is 5.97 Å². The van der Waals surface area contributed by atoms with Gasteiger partial charge in [-0.15, -0.1) is 0 Å². The van der Waals surface area contributed by atoms with E-state index in [1.807, 2.05) is 24.3 Å². The molecule has 132 valence electrons. The van der Waals surface area contributed by atoms with Crippen LogP contribution in [0.5, 0.6) is 5.75 Å². The number of pyridine rings is 1. The molecule has 1 N–H and O–H groups in total. The fourth-order valence-corrected chi connectivity index (χ4v) is 2.24. The molecule has 0 unspecified atom stereocenters. The van der Waals surface area contributed by atoms with Gasteiger partial charge in [0.2, 0.25) is 5.91 Å². The van der Waals surface area contributed by atoms with Crippen molar-refractivity contribution in [2.75, 3.05) is 20.8 Å². The van der Waals surface area contributed by atoms with Gasteiger partial charge in [0.1, 0.15) is 12.3 Å². The first-order chi connectivity index (χ1) is 12.0. The number of nitrogens with zero attached hydrogens (tertiary/aromatic N) is 1. The monoisotopic (exact) mass is 344 g/mol. The van der Waals surface area contributed by atoms with Gasteiger partial charge in [0.25, 0.3) is 5.56 Å². The van der Waals surface area contributed by atoms with Crippen LogP contribution in [-0.4, -0.2) is 37.2 Å². The average molecular weight is 344 g/mol. The van der Waals surface area contributed by atoms with Gasteiger partial charge in [-0.05, 0) is 30.2 Å². The van der Waals surface area contributed by atoms with Gasteiger partial charge in [-0.1, -0.05) is 12.1 Å². The molecular weight excluding hydrogens is 324 g/mol. The summed E-state index contributed by atoms with van der Waals surface area (Å²) in [6.45, 7) is 0.281. The number of nitrogens with one attached hydrogen (secondary N) is 1. The van der Waals surface area contributed by atoms with E-state index in [4.69, 9.17) is 4.74 Å². The van der Waals surface area contributed by atoms with Crippen molar-refractivity contribution >= 4 is 11.9 Å². The summed E-state index contributed by atoms with van der Waals surface area (Å²) < 4.78 is 10.9. The highest BCUT2D eigenvalue weighted by Gasteiger charge is 2.09. The van der Waals surface area contributed by atoms with Crippen LogP contribution in [0.3, 0.4) is 0 Å². The molecule has 1 aromatic heterocycles. The molecule has 0 aliphatic heterocycles. The van der Waals surface area contributed by atoms with Crippen molar-refractivity contribution < 1.29 is 19.1 Å². The first kappa shape index (κ1) is 18.3. The number of hydrogen-bond donors (Lipinski definition) is 1. The lowest BCUT2D eigenvalue weighted by atomic mass is 10.1. The highest BCUT2D eigenvalue weighted by molar-refractivity contribution is 5.88. The third kappa shape index (κ3) is 5.20. The lowest BCUT2D eigenvalue weighted by molar-refractivity contribution is -0.121. The Labute approximate surface area is 145 Å². The van der Waals surface area contributed by atoms with Crippen LogP contribution in [0.1, 0.15) is 15.9 Å². The Morgan fingerprint density at radius 3 is 2.44 bits per heavy atom. The second-order valence-electron chi connectivity index (χ2n) is 5.32. The molecule has 0 radical (unpaired) electrons. The predicted molar refractivity (Wildman–Crippen MR) is 91.7 cm³/mol. The summed E-state index contributed by atoms with van der Waals surface area (Å²) in [5.74, 6) is -0.0936. The zero-order valence-electron chi connectivity index (χ0n) is 14.2. The van der Waals surface area contributed by atoms with Crippen LogP contribution >= 0.6 is 0 Å². The number of benzene rings is 1. The van der Waals surface area contributed by atoms with Crippen LogP contribution in [0.15, 0.2) is 47.4 Å². The van der Waals surface area contributed by atoms with Crippen LogP contribution in [0.2, 0.25) is 0 Å². The maximum atomic E-state index is 12.0. The van der Waals surface area contributed by atoms with E-state index in [9.17, 15) is 14.4 Å². The summed E-state index contributed by atoms with van der Waals surface area (Å²) in [5, 5.41) is 2.75. The number of carbonyl (C=O) groups is 2. The van der Waals surface area contributed by atoms with Gasteiger partial charge in [-0.25, -0.2) is 4.79 Å². The first-order valence-corrected chi connectivity index (χ1v) is 7.72. The van der Waals surface area contributed by atoms with Crippen molar-refractivity contribution in [3.8, 4) is 5.75 Å². The molecule has 0 fully saturated rings. The zero-order chi connectivity index (χ0) is 18.2. The molecule has 1 heterocycles. The molecule has 0 atom stereocenters. The summed E-state index contributed by atoms with van der Waals surface area (Å²) >= 11 is 0. The molecule has 7 nitrogen and oxygen atoms in total. The standard InChI is InChI=1S/C18H20N2O5/c1-24-15-6-3-13(4-7-15)9-10-19-16(21)12-20-11-14(18(23)25-2)5-8-17(20)22/h3-8,11H,9-10,12H2,1-2H3,(H,19,21). The summed E-state index contributed by atoms with van der Waals surface area (Å²) in [7, 11) is 2.86. The molecular formula is C18H20N2O5. The molecule has 25 heavy (non-hydrogen) atoms. The van der Waals surface area contributed by atoms with Crippen molar-refractivity contribution in [1.82, 2.24) is 9.88 Å². The zero-order valence-corrected chi connectivity index (χ0v) is 14.2. The minimum atomic E-state index is -0.561. The molecule has 2 aromatic rings. The summed E-state index contributed by atoms with van der Waals surface area (Å²) in [4.78, 5) is 35.3. The van der Waals surface area contributed by atoms with E-state index in [1.165, 1.54) is 30.0 Å². The fourth-order valence-electron chi connectivity index (χ4n) is 2.24. The molecule has 0 spiro atoms. The Morgan fingerprint density at radius 2 is 1.80 bits per heavy atom. The third-order valence-electron chi connectivity index (χ3n) is 3.61. The molecule has 0 aliphatic carbocycles. The molecule has 0 saturated heterocycles. The number of hydrogen-bond acceptors (Lipinski definition) is 5. The van der Waals surface area contributed by atoms with E-state index in [-0.39, 0.29) is 23.6 Å². The Morgan fingerprint density at radius 1 is 1.08 bits per heavy atom. The van der Waals surface area contributed by atoms with Crippen molar-refractivity contribution in [2.24, 2.45) is 0 Å². The molecule has 1 amide bonds. The lowest BCUT2D eigenvalue weighted by Crippen LogP contribution is -2.33. The topological polar surface area (TPSA) is 86.6 Å². The number of rotatable bonds is 7. The number of amides is 1. The molecule has 0 saturated carbocycles. The van der Waals surface area contributed by atoms with Gasteiger partial charge in [-0.2, -0.15) is 0 Å². The van der Waals surface area contributed by atoms with E-state index in [1.54, 1.807) is 7.11 Å². The minimum absolute atomic E-state index is 0.160. The van der Waals surface area contributed by atoms with E-state index in [2.05, 4.69) is 10.1 Å². The largest absolute Gasteiger partial charge is 0.497 e. The van der Waals surface area contributed by atoms with Crippen molar-refractivity contribution in [1.29, 1.82) is 0 Å². The smallest absolute Gasteiger partial charge is 0.339 e. The first-order valence-electron chi connectivity index (χ1n) is 7.72. The van der Waals surface area contributed by atoms with Crippen LogP contribution in [-0.2, 0) is 22.5 Å². The quantitative estimate of drug-likeness (QED) is 0.758. The molecule has 0 bridgehead atoms. The van der Waals surface area contributed by atoms with Crippen molar-refractivity contribution in [3.05, 3.63) is 64.1 Å². The SMILES string of the molecule is COC(=O)c1ccc(=O)n(CC(=O)NCCc2ccc(OC)cc2)c1. The lowest BCUT2D eigenvalue weighted by Gasteiger charge is -2.09. The summed E-state index contributed by atoms with van der Waals surface area (Å²) in [6.07, 6.45) is 1.98. The second-order valence-corrected chi connectivity index (χ2v) is 5.32. The van der Waals surface area contributed by atoms with E-state index in [0.717, 1.165) is 11.3 Å². The van der Waals surface area contributed by atoms with E-state index >= 15 is 0 Å². The average Bonchev–Trinajstić information content (AvgIpc) is 2.63. The molecule has 1 aromatic carbocycles. The second kappa shape index (κ2) is 8.68. The molecule has 7 heteroatoms. The Balaban J connectivity index is 1.89. The molecule has 0 aliphatic rings. The number of methoxy groups -OCH3 is 2.